The van der Waals surface area contributed by atoms with Gasteiger partial charge in [0.15, 0.2) is 5.78 Å². The molecule has 9 heteroatoms. The highest BCUT2D eigenvalue weighted by Gasteiger charge is 2.15. The number of methoxy groups -OCH3 is 1. The second-order valence-corrected chi connectivity index (χ2v) is 5.91. The second kappa shape index (κ2) is 7.74. The van der Waals surface area contributed by atoms with E-state index in [1.54, 1.807) is 0 Å². The van der Waals surface area contributed by atoms with E-state index in [-0.39, 0.29) is 31.9 Å². The summed E-state index contributed by atoms with van der Waals surface area (Å²) in [5, 5.41) is 23.0. The lowest BCUT2D eigenvalue weighted by atomic mass is 10.1. The van der Waals surface area contributed by atoms with E-state index in [9.17, 15) is 20.0 Å². The van der Waals surface area contributed by atoms with Crippen molar-refractivity contribution in [2.24, 2.45) is 0 Å². The summed E-state index contributed by atoms with van der Waals surface area (Å²) in [4.78, 5) is 22.4. The number of nitro benzene ring substituents is 1. The molecule has 0 bridgehead atoms. The Labute approximate surface area is 157 Å². The monoisotopic (exact) mass is 400 g/mol. The standard InChI is InChI=1S/C16H10Cl3NO5/c1-25-13-7-8(6-11(16(13)22)20(23)24)2-5-12(21)9-3-4-10(17)15(19)14(9)18/h2-7,22H,1H3/p-1/b5-2+. The van der Waals surface area contributed by atoms with E-state index in [0.29, 0.717) is 0 Å². The van der Waals surface area contributed by atoms with E-state index < -0.39 is 22.1 Å². The number of carbonyl (C=O) groups is 1. The van der Waals surface area contributed by atoms with Crippen molar-refractivity contribution in [2.75, 3.05) is 7.11 Å². The molecule has 0 amide bonds. The maximum atomic E-state index is 12.2. The Balaban J connectivity index is 2.39. The summed E-state index contributed by atoms with van der Waals surface area (Å²) in [5.74, 6) is -1.53. The van der Waals surface area contributed by atoms with Gasteiger partial charge in [-0.3, -0.25) is 14.9 Å². The van der Waals surface area contributed by atoms with Gasteiger partial charge in [-0.15, -0.1) is 0 Å². The molecule has 0 aromatic heterocycles. The first-order chi connectivity index (χ1) is 11.8. The van der Waals surface area contributed by atoms with E-state index in [4.69, 9.17) is 39.5 Å². The molecule has 2 rings (SSSR count). The highest BCUT2D eigenvalue weighted by atomic mass is 35.5. The zero-order chi connectivity index (χ0) is 18.7. The van der Waals surface area contributed by atoms with Crippen molar-refractivity contribution in [1.29, 1.82) is 0 Å². The molecule has 0 fully saturated rings. The molecular formula is C16H9Cl3NO5-. The van der Waals surface area contributed by atoms with Crippen molar-refractivity contribution in [1.82, 2.24) is 0 Å². The number of benzene rings is 2. The van der Waals surface area contributed by atoms with Gasteiger partial charge in [-0.05, 0) is 29.8 Å². The van der Waals surface area contributed by atoms with Crippen molar-refractivity contribution < 1.29 is 19.6 Å². The molecule has 2 aromatic rings. The molecule has 0 saturated carbocycles. The lowest BCUT2D eigenvalue weighted by Crippen LogP contribution is -2.01. The van der Waals surface area contributed by atoms with Gasteiger partial charge in [-0.1, -0.05) is 40.9 Å². The summed E-state index contributed by atoms with van der Waals surface area (Å²) in [5.41, 5.74) is -0.291. The van der Waals surface area contributed by atoms with Crippen LogP contribution in [0.2, 0.25) is 15.1 Å². The molecule has 0 saturated heterocycles. The molecule has 130 valence electrons. The number of halogens is 3. The molecule has 25 heavy (non-hydrogen) atoms. The number of ether oxygens (including phenoxy) is 1. The Morgan fingerprint density at radius 2 is 1.88 bits per heavy atom. The van der Waals surface area contributed by atoms with Gasteiger partial charge in [-0.25, -0.2) is 0 Å². The molecule has 0 N–H and O–H groups in total. The molecule has 0 heterocycles. The third-order valence-electron chi connectivity index (χ3n) is 3.20. The number of nitro groups is 1. The third-order valence-corrected chi connectivity index (χ3v) is 4.50. The first-order valence-corrected chi connectivity index (χ1v) is 7.79. The summed E-state index contributed by atoms with van der Waals surface area (Å²) in [6.45, 7) is 0. The van der Waals surface area contributed by atoms with E-state index in [2.05, 4.69) is 0 Å². The lowest BCUT2D eigenvalue weighted by molar-refractivity contribution is -0.398. The summed E-state index contributed by atoms with van der Waals surface area (Å²) >= 11 is 17.7. The predicted octanol–water partition coefficient (Wildman–Crippen LogP) is 4.53. The van der Waals surface area contributed by atoms with Gasteiger partial charge in [0.25, 0.3) is 5.69 Å². The number of nitrogens with zero attached hydrogens (tertiary/aromatic N) is 1. The number of carbonyl (C=O) groups excluding carboxylic acids is 1. The molecule has 6 nitrogen and oxygen atoms in total. The van der Waals surface area contributed by atoms with Crippen molar-refractivity contribution >= 4 is 52.3 Å². The van der Waals surface area contributed by atoms with Crippen molar-refractivity contribution in [3.63, 3.8) is 0 Å². The first-order valence-electron chi connectivity index (χ1n) is 6.65. The van der Waals surface area contributed by atoms with Crippen LogP contribution in [0.1, 0.15) is 15.9 Å². The molecule has 0 aliphatic heterocycles. The number of rotatable bonds is 5. The molecule has 0 unspecified atom stereocenters. The average molecular weight is 402 g/mol. The van der Waals surface area contributed by atoms with Crippen LogP contribution in [0.3, 0.4) is 0 Å². The Hall–Kier alpha value is -2.28. The van der Waals surface area contributed by atoms with Crippen molar-refractivity contribution in [3.8, 4) is 11.5 Å². The molecule has 2 aromatic carbocycles. The normalized spacial score (nSPS) is 10.9. The minimum atomic E-state index is -0.844. The smallest absolute Gasteiger partial charge is 0.266 e. The Morgan fingerprint density at radius 3 is 2.48 bits per heavy atom. The van der Waals surface area contributed by atoms with Crippen molar-refractivity contribution in [3.05, 3.63) is 66.7 Å². The van der Waals surface area contributed by atoms with Gasteiger partial charge >= 0.3 is 0 Å². The van der Waals surface area contributed by atoms with E-state index in [0.717, 1.165) is 12.1 Å². The number of allylic oxidation sites excluding steroid dienone is 1. The lowest BCUT2D eigenvalue weighted by Gasteiger charge is -2.13. The molecule has 0 radical (unpaired) electrons. The Kier molecular flexibility index (Phi) is 5.89. The fraction of sp³-hybridized carbons (Fsp3) is 0.0625. The first kappa shape index (κ1) is 19.1. The summed E-state index contributed by atoms with van der Waals surface area (Å²) < 4.78 is 4.83. The summed E-state index contributed by atoms with van der Waals surface area (Å²) in [6, 6.07) is 5.17. The van der Waals surface area contributed by atoms with Gasteiger partial charge in [0.1, 0.15) is 5.75 Å². The van der Waals surface area contributed by atoms with Crippen LogP contribution in [-0.2, 0) is 0 Å². The molecular weight excluding hydrogens is 393 g/mol. The average Bonchev–Trinajstić information content (AvgIpc) is 2.58. The number of ketones is 1. The van der Waals surface area contributed by atoms with Crippen LogP contribution in [0.15, 0.2) is 30.3 Å². The topological polar surface area (TPSA) is 92.5 Å². The van der Waals surface area contributed by atoms with Crippen LogP contribution < -0.4 is 9.84 Å². The van der Waals surface area contributed by atoms with Crippen LogP contribution in [0.4, 0.5) is 5.69 Å². The fourth-order valence-electron chi connectivity index (χ4n) is 1.97. The van der Waals surface area contributed by atoms with Crippen LogP contribution in [0.25, 0.3) is 6.08 Å². The molecule has 0 atom stereocenters. The fourth-order valence-corrected chi connectivity index (χ4v) is 2.60. The van der Waals surface area contributed by atoms with Gasteiger partial charge in [0.2, 0.25) is 0 Å². The minimum Gasteiger partial charge on any atom is -0.865 e. The van der Waals surface area contributed by atoms with Gasteiger partial charge in [0.05, 0.1) is 27.1 Å². The minimum absolute atomic E-state index is 0.00211. The maximum absolute atomic E-state index is 12.2. The Morgan fingerprint density at radius 1 is 1.20 bits per heavy atom. The van der Waals surface area contributed by atoms with E-state index in [1.807, 2.05) is 0 Å². The summed E-state index contributed by atoms with van der Waals surface area (Å²) in [6.07, 6.45) is 2.45. The second-order valence-electron chi connectivity index (χ2n) is 4.75. The van der Waals surface area contributed by atoms with Gasteiger partial charge < -0.3 is 9.84 Å². The van der Waals surface area contributed by atoms with Crippen LogP contribution in [0.5, 0.6) is 11.5 Å². The van der Waals surface area contributed by atoms with Crippen LogP contribution >= 0.6 is 34.8 Å². The van der Waals surface area contributed by atoms with E-state index >= 15 is 0 Å². The Bertz CT molecular complexity index is 896. The maximum Gasteiger partial charge on any atom is 0.266 e. The van der Waals surface area contributed by atoms with Gasteiger partial charge in [-0.2, -0.15) is 0 Å². The van der Waals surface area contributed by atoms with Gasteiger partial charge in [0, 0.05) is 17.4 Å². The molecule has 0 aliphatic carbocycles. The highest BCUT2D eigenvalue weighted by Crippen LogP contribution is 2.35. The largest absolute Gasteiger partial charge is 0.865 e. The molecule has 0 aliphatic rings. The molecule has 0 spiro atoms. The summed E-state index contributed by atoms with van der Waals surface area (Å²) in [7, 11) is 1.22. The van der Waals surface area contributed by atoms with Crippen molar-refractivity contribution in [2.45, 2.75) is 0 Å². The zero-order valence-electron chi connectivity index (χ0n) is 12.6. The quantitative estimate of drug-likeness (QED) is 0.241. The van der Waals surface area contributed by atoms with E-state index in [1.165, 1.54) is 31.4 Å². The number of hydrogen-bond donors (Lipinski definition) is 0. The highest BCUT2D eigenvalue weighted by molar-refractivity contribution is 6.49. The predicted molar refractivity (Wildman–Crippen MR) is 93.9 cm³/mol. The van der Waals surface area contributed by atoms with Crippen LogP contribution in [-0.4, -0.2) is 17.8 Å². The van der Waals surface area contributed by atoms with Crippen LogP contribution in [0, 0.1) is 10.1 Å². The third kappa shape index (κ3) is 4.04. The zero-order valence-corrected chi connectivity index (χ0v) is 14.9. The SMILES string of the molecule is COc1cc(/C=C/C(=O)c2ccc(Cl)c(Cl)c2Cl)cc([N+](=O)[O-])c1[O-]. The number of hydrogen-bond acceptors (Lipinski definition) is 5.